The summed E-state index contributed by atoms with van der Waals surface area (Å²) < 4.78 is 5.88. The fourth-order valence-electron chi connectivity index (χ4n) is 3.60. The first-order valence-corrected chi connectivity index (χ1v) is 8.35. The van der Waals surface area contributed by atoms with Crippen molar-refractivity contribution in [2.75, 3.05) is 13.1 Å². The molecule has 2 atom stereocenters. The number of nitrogens with zero attached hydrogens (tertiary/aromatic N) is 1. The van der Waals surface area contributed by atoms with Crippen molar-refractivity contribution in [2.45, 2.75) is 57.0 Å². The predicted molar refractivity (Wildman–Crippen MR) is 83.3 cm³/mol. The van der Waals surface area contributed by atoms with Crippen LogP contribution in [-0.2, 0) is 4.74 Å². The lowest BCUT2D eigenvalue weighted by Crippen LogP contribution is -2.40. The molecule has 114 valence electrons. The first kappa shape index (κ1) is 14.4. The molecule has 0 aromatic heterocycles. The molecular weight excluding hydrogens is 262 g/mol. The Morgan fingerprint density at radius 1 is 0.952 bits per heavy atom. The van der Waals surface area contributed by atoms with Crippen molar-refractivity contribution in [1.82, 2.24) is 4.90 Å². The third kappa shape index (κ3) is 3.58. The van der Waals surface area contributed by atoms with Gasteiger partial charge in [-0.1, -0.05) is 36.8 Å². The predicted octanol–water partition coefficient (Wildman–Crippen LogP) is 4.34. The summed E-state index contributed by atoms with van der Waals surface area (Å²) in [6.07, 6.45) is 7.95. The number of benzene rings is 1. The van der Waals surface area contributed by atoms with Gasteiger partial charge in [-0.15, -0.1) is 0 Å². The molecule has 3 nitrogen and oxygen atoms in total. The second-order valence-electron chi connectivity index (χ2n) is 6.27. The third-order valence-electron chi connectivity index (χ3n) is 4.80. The molecule has 1 aromatic carbocycles. The number of amides is 1. The Kier molecular flexibility index (Phi) is 4.79. The number of carbonyl (C=O) groups is 1. The maximum Gasteiger partial charge on any atom is 0.410 e. The van der Waals surface area contributed by atoms with Crippen LogP contribution in [0.2, 0.25) is 0 Å². The zero-order valence-electron chi connectivity index (χ0n) is 12.7. The highest BCUT2D eigenvalue weighted by Gasteiger charge is 2.31. The number of piperidine rings is 1. The fraction of sp³-hybridized carbons (Fsp3) is 0.611. The van der Waals surface area contributed by atoms with Crippen LogP contribution in [0.4, 0.5) is 4.79 Å². The molecule has 0 N–H and O–H groups in total. The van der Waals surface area contributed by atoms with Gasteiger partial charge in [-0.2, -0.15) is 0 Å². The highest BCUT2D eigenvalue weighted by atomic mass is 16.6. The lowest BCUT2D eigenvalue weighted by Gasteiger charge is -2.34. The summed E-state index contributed by atoms with van der Waals surface area (Å²) in [6.45, 7) is 1.73. The molecule has 1 saturated heterocycles. The lowest BCUT2D eigenvalue weighted by atomic mass is 9.81. The molecule has 2 aliphatic rings. The molecule has 2 fully saturated rings. The standard InChI is InChI=1S/C18H25NO2/c20-18(19-13-7-2-8-14-19)21-17-12-6-5-11-16(17)15-9-3-1-4-10-15/h1,3-4,9-10,16-17H,2,5-8,11-14H2/t16-,17+/m0/s1. The van der Waals surface area contributed by atoms with Gasteiger partial charge in [-0.05, 0) is 44.1 Å². The van der Waals surface area contributed by atoms with Crippen molar-refractivity contribution in [3.8, 4) is 0 Å². The monoisotopic (exact) mass is 287 g/mol. The molecule has 1 saturated carbocycles. The van der Waals surface area contributed by atoms with Gasteiger partial charge in [0.1, 0.15) is 6.10 Å². The van der Waals surface area contributed by atoms with Crippen LogP contribution in [-0.4, -0.2) is 30.2 Å². The third-order valence-corrected chi connectivity index (χ3v) is 4.80. The van der Waals surface area contributed by atoms with Gasteiger partial charge in [0.25, 0.3) is 0 Å². The Morgan fingerprint density at radius 2 is 1.67 bits per heavy atom. The van der Waals surface area contributed by atoms with Gasteiger partial charge >= 0.3 is 6.09 Å². The van der Waals surface area contributed by atoms with E-state index < -0.39 is 0 Å². The van der Waals surface area contributed by atoms with Crippen LogP contribution in [0.1, 0.15) is 56.4 Å². The van der Waals surface area contributed by atoms with Crippen molar-refractivity contribution < 1.29 is 9.53 Å². The molecule has 0 spiro atoms. The quantitative estimate of drug-likeness (QED) is 0.810. The summed E-state index contributed by atoms with van der Waals surface area (Å²) in [5, 5.41) is 0. The first-order valence-electron chi connectivity index (χ1n) is 8.35. The summed E-state index contributed by atoms with van der Waals surface area (Å²) >= 11 is 0. The van der Waals surface area contributed by atoms with E-state index in [1.165, 1.54) is 24.8 Å². The SMILES string of the molecule is O=C(O[C@@H]1CCCC[C@H]1c1ccccc1)N1CCCCC1. The van der Waals surface area contributed by atoms with Crippen LogP contribution in [0, 0.1) is 0 Å². The van der Waals surface area contributed by atoms with Crippen LogP contribution >= 0.6 is 0 Å². The maximum absolute atomic E-state index is 12.3. The summed E-state index contributed by atoms with van der Waals surface area (Å²) in [7, 11) is 0. The van der Waals surface area contributed by atoms with E-state index in [2.05, 4.69) is 24.3 Å². The smallest absolute Gasteiger partial charge is 0.410 e. The minimum atomic E-state index is -0.0949. The van der Waals surface area contributed by atoms with Crippen molar-refractivity contribution in [3.63, 3.8) is 0 Å². The highest BCUT2D eigenvalue weighted by molar-refractivity contribution is 5.68. The van der Waals surface area contributed by atoms with Gasteiger partial charge in [-0.25, -0.2) is 4.79 Å². The van der Waals surface area contributed by atoms with Crippen molar-refractivity contribution in [3.05, 3.63) is 35.9 Å². The van der Waals surface area contributed by atoms with Crippen molar-refractivity contribution in [1.29, 1.82) is 0 Å². The van der Waals surface area contributed by atoms with E-state index in [4.69, 9.17) is 4.74 Å². The van der Waals surface area contributed by atoms with E-state index in [-0.39, 0.29) is 12.2 Å². The second kappa shape index (κ2) is 6.97. The zero-order chi connectivity index (χ0) is 14.5. The van der Waals surface area contributed by atoms with Gasteiger partial charge in [0.05, 0.1) is 0 Å². The van der Waals surface area contributed by atoms with Gasteiger partial charge < -0.3 is 9.64 Å². The average molecular weight is 287 g/mol. The minimum Gasteiger partial charge on any atom is -0.445 e. The molecule has 21 heavy (non-hydrogen) atoms. The normalized spacial score (nSPS) is 26.4. The van der Waals surface area contributed by atoms with E-state index in [0.29, 0.717) is 5.92 Å². The Balaban J connectivity index is 1.65. The van der Waals surface area contributed by atoms with E-state index in [1.807, 2.05) is 11.0 Å². The Hall–Kier alpha value is -1.51. The number of carbonyl (C=O) groups excluding carboxylic acids is 1. The number of rotatable bonds is 2. The Morgan fingerprint density at radius 3 is 2.43 bits per heavy atom. The van der Waals surface area contributed by atoms with Crippen LogP contribution in [0.25, 0.3) is 0 Å². The van der Waals surface area contributed by atoms with E-state index in [1.54, 1.807) is 0 Å². The van der Waals surface area contributed by atoms with Crippen LogP contribution in [0.3, 0.4) is 0 Å². The van der Waals surface area contributed by atoms with Crippen molar-refractivity contribution in [2.24, 2.45) is 0 Å². The van der Waals surface area contributed by atoms with Crippen LogP contribution in [0.15, 0.2) is 30.3 Å². The molecule has 1 aromatic rings. The Labute approximate surface area is 127 Å². The van der Waals surface area contributed by atoms with E-state index in [9.17, 15) is 4.79 Å². The summed E-state index contributed by atoms with van der Waals surface area (Å²) in [4.78, 5) is 14.2. The number of ether oxygens (including phenoxy) is 1. The molecule has 0 bridgehead atoms. The molecule has 1 heterocycles. The first-order chi connectivity index (χ1) is 10.3. The van der Waals surface area contributed by atoms with Crippen LogP contribution in [0.5, 0.6) is 0 Å². The number of hydrogen-bond acceptors (Lipinski definition) is 2. The average Bonchev–Trinajstić information content (AvgIpc) is 2.57. The second-order valence-corrected chi connectivity index (χ2v) is 6.27. The summed E-state index contributed by atoms with van der Waals surface area (Å²) in [5.74, 6) is 0.369. The molecule has 1 aliphatic carbocycles. The maximum atomic E-state index is 12.3. The zero-order valence-corrected chi connectivity index (χ0v) is 12.7. The number of likely N-dealkylation sites (tertiary alicyclic amines) is 1. The molecule has 0 radical (unpaired) electrons. The van der Waals surface area contributed by atoms with E-state index >= 15 is 0 Å². The largest absolute Gasteiger partial charge is 0.445 e. The molecule has 1 amide bonds. The van der Waals surface area contributed by atoms with Gasteiger partial charge in [0, 0.05) is 19.0 Å². The topological polar surface area (TPSA) is 29.5 Å². The highest BCUT2D eigenvalue weighted by Crippen LogP contribution is 2.35. The van der Waals surface area contributed by atoms with E-state index in [0.717, 1.165) is 38.8 Å². The van der Waals surface area contributed by atoms with Crippen LogP contribution < -0.4 is 0 Å². The van der Waals surface area contributed by atoms with Crippen molar-refractivity contribution >= 4 is 6.09 Å². The number of hydrogen-bond donors (Lipinski definition) is 0. The Bertz CT molecular complexity index is 454. The molecule has 3 heteroatoms. The molecular formula is C18H25NO2. The summed E-state index contributed by atoms with van der Waals surface area (Å²) in [5.41, 5.74) is 1.31. The van der Waals surface area contributed by atoms with Gasteiger partial charge in [0.15, 0.2) is 0 Å². The fourth-order valence-corrected chi connectivity index (χ4v) is 3.60. The lowest BCUT2D eigenvalue weighted by molar-refractivity contribution is 0.0310. The van der Waals surface area contributed by atoms with Gasteiger partial charge in [0.2, 0.25) is 0 Å². The minimum absolute atomic E-state index is 0.0515. The molecule has 1 aliphatic heterocycles. The molecule has 3 rings (SSSR count). The van der Waals surface area contributed by atoms with Gasteiger partial charge in [-0.3, -0.25) is 0 Å². The molecule has 0 unspecified atom stereocenters. The summed E-state index contributed by atoms with van der Waals surface area (Å²) in [6, 6.07) is 10.5.